The first kappa shape index (κ1) is 28.7. The average Bonchev–Trinajstić information content (AvgIpc) is 3.67. The molecule has 2 heterocycles. The Morgan fingerprint density at radius 1 is 0.800 bits per heavy atom. The Balaban J connectivity index is 1.12. The van der Waals surface area contributed by atoms with Crippen LogP contribution in [-0.4, -0.2) is 89.9 Å². The predicted octanol–water partition coefficient (Wildman–Crippen LogP) is 6.16. The van der Waals surface area contributed by atoms with E-state index in [0.717, 1.165) is 43.5 Å². The van der Waals surface area contributed by atoms with Crippen molar-refractivity contribution in [2.24, 2.45) is 5.41 Å². The summed E-state index contributed by atoms with van der Waals surface area (Å²) in [5.41, 5.74) is 4.76. The molecule has 1 unspecified atom stereocenters. The van der Waals surface area contributed by atoms with Crippen LogP contribution in [0.4, 0.5) is 4.79 Å². The van der Waals surface area contributed by atoms with Gasteiger partial charge in [0.05, 0.1) is 6.04 Å². The summed E-state index contributed by atoms with van der Waals surface area (Å²) in [6, 6.07) is 17.6. The zero-order valence-electron chi connectivity index (χ0n) is 25.2. The molecule has 6 heteroatoms. The van der Waals surface area contributed by atoms with Gasteiger partial charge in [-0.2, -0.15) is 0 Å². The van der Waals surface area contributed by atoms with E-state index in [1.807, 2.05) is 53.1 Å². The van der Waals surface area contributed by atoms with Gasteiger partial charge in [-0.1, -0.05) is 57.2 Å². The second-order valence-electron chi connectivity index (χ2n) is 13.2. The van der Waals surface area contributed by atoms with E-state index in [4.69, 9.17) is 0 Å². The lowest BCUT2D eigenvalue weighted by atomic mass is 9.75. The van der Waals surface area contributed by atoms with E-state index in [0.29, 0.717) is 30.1 Å². The molecule has 2 aliphatic heterocycles. The van der Waals surface area contributed by atoms with Crippen molar-refractivity contribution in [1.29, 1.82) is 0 Å². The quantitative estimate of drug-likeness (QED) is 0.438. The number of likely N-dealkylation sites (N-methyl/N-ethyl adjacent to an activating group) is 2. The van der Waals surface area contributed by atoms with E-state index < -0.39 is 0 Å². The van der Waals surface area contributed by atoms with Gasteiger partial charge in [0, 0.05) is 57.9 Å². The first-order valence-corrected chi connectivity index (χ1v) is 15.4. The molecule has 0 spiro atoms. The zero-order chi connectivity index (χ0) is 28.4. The van der Waals surface area contributed by atoms with Crippen molar-refractivity contribution >= 4 is 11.9 Å². The molecule has 3 fully saturated rings. The van der Waals surface area contributed by atoms with E-state index in [-0.39, 0.29) is 24.0 Å². The second kappa shape index (κ2) is 11.9. The number of nitrogens with zero attached hydrogens (tertiary/aromatic N) is 4. The van der Waals surface area contributed by atoms with Gasteiger partial charge in [0.25, 0.3) is 5.91 Å². The maximum absolute atomic E-state index is 13.5. The highest BCUT2D eigenvalue weighted by atomic mass is 16.2. The molecule has 40 heavy (non-hydrogen) atoms. The molecule has 2 atom stereocenters. The molecule has 0 aromatic heterocycles. The van der Waals surface area contributed by atoms with Crippen molar-refractivity contribution in [2.75, 3.05) is 40.3 Å². The number of benzene rings is 2. The molecule has 0 radical (unpaired) electrons. The fourth-order valence-electron chi connectivity index (χ4n) is 6.88. The molecule has 1 saturated carbocycles. The average molecular weight is 545 g/mol. The Morgan fingerprint density at radius 3 is 2.00 bits per heavy atom. The maximum Gasteiger partial charge on any atom is 0.320 e. The summed E-state index contributed by atoms with van der Waals surface area (Å²) in [6.45, 7) is 10.3. The van der Waals surface area contributed by atoms with Crippen LogP contribution in [0.5, 0.6) is 0 Å². The van der Waals surface area contributed by atoms with Crippen molar-refractivity contribution in [3.63, 3.8) is 0 Å². The fraction of sp³-hybridized carbons (Fsp3) is 0.588. The standard InChI is InChI=1S/C34H48N4O2/c1-6-25-7-9-26(10-8-25)27-11-13-28(14-12-27)32(39)35(4)30-18-22-38(24-30)33(40)36(5)31-17-21-37(23-31)29-15-19-34(2,3)20-16-29/h7-14,29-31H,6,15-24H2,1-5H3/t30-,31?/m0/s1. The molecule has 1 aliphatic carbocycles. The largest absolute Gasteiger partial charge is 0.337 e. The summed E-state index contributed by atoms with van der Waals surface area (Å²) in [7, 11) is 3.85. The fourth-order valence-corrected chi connectivity index (χ4v) is 6.88. The van der Waals surface area contributed by atoms with Crippen molar-refractivity contribution in [3.8, 4) is 11.1 Å². The molecule has 0 N–H and O–H groups in total. The Morgan fingerprint density at radius 2 is 1.38 bits per heavy atom. The van der Waals surface area contributed by atoms with Crippen molar-refractivity contribution in [2.45, 2.75) is 83.8 Å². The van der Waals surface area contributed by atoms with Gasteiger partial charge in [0.15, 0.2) is 0 Å². The van der Waals surface area contributed by atoms with Crippen LogP contribution < -0.4 is 0 Å². The summed E-state index contributed by atoms with van der Waals surface area (Å²) < 4.78 is 0. The van der Waals surface area contributed by atoms with Crippen LogP contribution in [0.15, 0.2) is 48.5 Å². The highest BCUT2D eigenvalue weighted by Gasteiger charge is 2.38. The third-order valence-electron chi connectivity index (χ3n) is 10.00. The summed E-state index contributed by atoms with van der Waals surface area (Å²) in [4.78, 5) is 35.2. The lowest BCUT2D eigenvalue weighted by molar-refractivity contribution is 0.0733. The van der Waals surface area contributed by atoms with Crippen LogP contribution in [0.2, 0.25) is 0 Å². The Hall–Kier alpha value is -2.86. The van der Waals surface area contributed by atoms with E-state index in [1.165, 1.54) is 31.2 Å². The highest BCUT2D eigenvalue weighted by molar-refractivity contribution is 5.95. The predicted molar refractivity (Wildman–Crippen MR) is 163 cm³/mol. The zero-order valence-corrected chi connectivity index (χ0v) is 25.2. The van der Waals surface area contributed by atoms with Gasteiger partial charge in [0.2, 0.25) is 0 Å². The third-order valence-corrected chi connectivity index (χ3v) is 10.00. The summed E-state index contributed by atoms with van der Waals surface area (Å²) >= 11 is 0. The van der Waals surface area contributed by atoms with Gasteiger partial charge >= 0.3 is 6.03 Å². The number of amides is 3. The number of likely N-dealkylation sites (tertiary alicyclic amines) is 2. The number of aryl methyl sites for hydroxylation is 1. The SMILES string of the molecule is CCc1ccc(-c2ccc(C(=O)N(C)[C@H]3CCN(C(=O)N(C)C4CCN(C5CCC(C)(C)CC5)C4)C3)cc2)cc1. The van der Waals surface area contributed by atoms with Crippen LogP contribution >= 0.6 is 0 Å². The monoisotopic (exact) mass is 544 g/mol. The number of hydrogen-bond acceptors (Lipinski definition) is 3. The van der Waals surface area contributed by atoms with Crippen LogP contribution in [0.25, 0.3) is 11.1 Å². The number of carbonyl (C=O) groups is 2. The van der Waals surface area contributed by atoms with Crippen LogP contribution in [0, 0.1) is 5.41 Å². The number of carbonyl (C=O) groups excluding carboxylic acids is 2. The van der Waals surface area contributed by atoms with Crippen molar-refractivity contribution in [1.82, 2.24) is 19.6 Å². The Bertz CT molecular complexity index is 1170. The smallest absolute Gasteiger partial charge is 0.320 e. The second-order valence-corrected chi connectivity index (χ2v) is 13.2. The highest BCUT2D eigenvalue weighted by Crippen LogP contribution is 2.38. The van der Waals surface area contributed by atoms with Gasteiger partial charge in [-0.25, -0.2) is 4.79 Å². The minimum absolute atomic E-state index is 0.0163. The van der Waals surface area contributed by atoms with Crippen LogP contribution in [-0.2, 0) is 6.42 Å². The van der Waals surface area contributed by atoms with E-state index >= 15 is 0 Å². The van der Waals surface area contributed by atoms with Gasteiger partial charge in [-0.15, -0.1) is 0 Å². The van der Waals surface area contributed by atoms with E-state index in [9.17, 15) is 9.59 Å². The summed E-state index contributed by atoms with van der Waals surface area (Å²) in [5.74, 6) is 0.0163. The molecular weight excluding hydrogens is 496 g/mol. The lowest BCUT2D eigenvalue weighted by Crippen LogP contribution is -2.48. The molecule has 3 aliphatic rings. The van der Waals surface area contributed by atoms with E-state index in [2.05, 4.69) is 49.9 Å². The molecule has 6 nitrogen and oxygen atoms in total. The molecule has 216 valence electrons. The topological polar surface area (TPSA) is 47.1 Å². The van der Waals surface area contributed by atoms with Crippen LogP contribution in [0.3, 0.4) is 0 Å². The maximum atomic E-state index is 13.5. The van der Waals surface area contributed by atoms with Crippen molar-refractivity contribution in [3.05, 3.63) is 59.7 Å². The molecule has 3 amide bonds. The molecule has 2 aromatic carbocycles. The van der Waals surface area contributed by atoms with E-state index in [1.54, 1.807) is 0 Å². The molecular formula is C34H48N4O2. The molecule has 2 saturated heterocycles. The summed E-state index contributed by atoms with van der Waals surface area (Å²) in [5, 5.41) is 0. The number of hydrogen-bond donors (Lipinski definition) is 0. The molecule has 0 bridgehead atoms. The number of rotatable bonds is 6. The molecule has 2 aromatic rings. The molecule has 5 rings (SSSR count). The summed E-state index contributed by atoms with van der Waals surface area (Å²) in [6.07, 6.45) is 8.05. The van der Waals surface area contributed by atoms with Crippen molar-refractivity contribution < 1.29 is 9.59 Å². The third kappa shape index (κ3) is 6.22. The Kier molecular flexibility index (Phi) is 8.55. The first-order valence-electron chi connectivity index (χ1n) is 15.4. The minimum atomic E-state index is 0.0163. The van der Waals surface area contributed by atoms with Gasteiger partial charge in [0.1, 0.15) is 0 Å². The Labute approximate surface area is 241 Å². The first-order chi connectivity index (χ1) is 19.1. The lowest BCUT2D eigenvalue weighted by Gasteiger charge is -2.39. The normalized spacial score (nSPS) is 23.4. The minimum Gasteiger partial charge on any atom is -0.337 e. The van der Waals surface area contributed by atoms with Gasteiger partial charge in [-0.05, 0) is 79.2 Å². The van der Waals surface area contributed by atoms with Crippen LogP contribution in [0.1, 0.15) is 75.2 Å². The van der Waals surface area contributed by atoms with Gasteiger partial charge in [-0.3, -0.25) is 9.69 Å². The van der Waals surface area contributed by atoms with Gasteiger partial charge < -0.3 is 14.7 Å². The number of urea groups is 1.